The molecule has 8 heteroatoms. The molecule has 27 heavy (non-hydrogen) atoms. The van der Waals surface area contributed by atoms with E-state index >= 15 is 0 Å². The first-order valence-electron chi connectivity index (χ1n) is 8.45. The quantitative estimate of drug-likeness (QED) is 0.795. The maximum absolute atomic E-state index is 12.3. The van der Waals surface area contributed by atoms with Crippen LogP contribution in [0.3, 0.4) is 0 Å². The summed E-state index contributed by atoms with van der Waals surface area (Å²) in [5.41, 5.74) is 0.665. The van der Waals surface area contributed by atoms with Crippen molar-refractivity contribution in [3.05, 3.63) is 58.0 Å². The Labute approximate surface area is 155 Å². The minimum atomic E-state index is -0.575. The number of nitrogens with one attached hydrogen (secondary N) is 1. The highest BCUT2D eigenvalue weighted by atomic mass is 16.6. The second kappa shape index (κ2) is 7.94. The number of aromatic nitrogens is 1. The number of hydrogen-bond donors (Lipinski definition) is 1. The molecule has 3 rings (SSSR count). The molecule has 0 spiro atoms. The minimum Gasteiger partial charge on any atom is -0.486 e. The summed E-state index contributed by atoms with van der Waals surface area (Å²) in [6.45, 7) is 2.62. The number of methoxy groups -OCH3 is 1. The number of nitrogens with zero attached hydrogens (tertiary/aromatic N) is 1. The Kier molecular flexibility index (Phi) is 5.44. The molecule has 0 saturated heterocycles. The third-order valence-electron chi connectivity index (χ3n) is 4.16. The lowest BCUT2D eigenvalue weighted by Crippen LogP contribution is -2.33. The first kappa shape index (κ1) is 18.5. The smallest absolute Gasteiger partial charge is 0.339 e. The number of pyridine rings is 1. The summed E-state index contributed by atoms with van der Waals surface area (Å²) < 4.78 is 16.8. The van der Waals surface area contributed by atoms with Crippen molar-refractivity contribution in [3.8, 4) is 11.5 Å². The van der Waals surface area contributed by atoms with Gasteiger partial charge in [-0.25, -0.2) is 4.79 Å². The molecular weight excluding hydrogens is 352 g/mol. The fourth-order valence-corrected chi connectivity index (χ4v) is 2.75. The van der Waals surface area contributed by atoms with Gasteiger partial charge in [-0.2, -0.15) is 0 Å². The summed E-state index contributed by atoms with van der Waals surface area (Å²) in [5.74, 6) is 0.381. The van der Waals surface area contributed by atoms with Crippen LogP contribution in [0.15, 0.2) is 41.3 Å². The Morgan fingerprint density at radius 3 is 2.67 bits per heavy atom. The number of carbonyl (C=O) groups is 2. The van der Waals surface area contributed by atoms with Crippen molar-refractivity contribution in [1.29, 1.82) is 0 Å². The predicted molar refractivity (Wildman–Crippen MR) is 96.0 cm³/mol. The molecule has 1 aliphatic heterocycles. The van der Waals surface area contributed by atoms with E-state index in [1.54, 1.807) is 6.07 Å². The largest absolute Gasteiger partial charge is 0.486 e. The van der Waals surface area contributed by atoms with Crippen LogP contribution < -0.4 is 20.3 Å². The van der Waals surface area contributed by atoms with Gasteiger partial charge in [0.25, 0.3) is 5.56 Å². The van der Waals surface area contributed by atoms with E-state index in [9.17, 15) is 14.4 Å². The van der Waals surface area contributed by atoms with E-state index in [1.165, 1.54) is 25.4 Å². The molecule has 0 radical (unpaired) electrons. The highest BCUT2D eigenvalue weighted by Crippen LogP contribution is 2.32. The predicted octanol–water partition coefficient (Wildman–Crippen LogP) is 1.28. The molecule has 2 aromatic rings. The zero-order valence-electron chi connectivity index (χ0n) is 15.1. The van der Waals surface area contributed by atoms with Crippen molar-refractivity contribution in [2.75, 3.05) is 20.3 Å². The number of fused-ring (bicyclic) bond motifs is 1. The molecule has 0 unspecified atom stereocenters. The highest BCUT2D eigenvalue weighted by Gasteiger charge is 2.16. The lowest BCUT2D eigenvalue weighted by Gasteiger charge is -2.21. The van der Waals surface area contributed by atoms with Gasteiger partial charge in [-0.15, -0.1) is 0 Å². The van der Waals surface area contributed by atoms with Gasteiger partial charge in [0, 0.05) is 12.3 Å². The first-order chi connectivity index (χ1) is 13.0. The summed E-state index contributed by atoms with van der Waals surface area (Å²) >= 11 is 0. The standard InChI is InChI=1S/C19H20N2O6/c1-12(13-3-5-15-16(9-13)27-8-7-26-15)20-17(22)11-21-10-14(19(24)25-2)4-6-18(21)23/h3-6,9-10,12H,7-8,11H2,1-2H3,(H,20,22)/t12-/m0/s1. The molecule has 2 heterocycles. The van der Waals surface area contributed by atoms with Gasteiger partial charge in [-0.1, -0.05) is 6.07 Å². The van der Waals surface area contributed by atoms with Gasteiger partial charge in [0.15, 0.2) is 11.5 Å². The molecular formula is C19H20N2O6. The van der Waals surface area contributed by atoms with Crippen LogP contribution in [0.25, 0.3) is 0 Å². The molecule has 0 saturated carbocycles. The lowest BCUT2D eigenvalue weighted by molar-refractivity contribution is -0.122. The minimum absolute atomic E-state index is 0.199. The normalized spacial score (nSPS) is 13.6. The second-order valence-electron chi connectivity index (χ2n) is 6.07. The molecule has 1 amide bonds. The number of amides is 1. The molecule has 8 nitrogen and oxygen atoms in total. The number of rotatable bonds is 5. The van der Waals surface area contributed by atoms with Crippen LogP contribution in [-0.4, -0.2) is 36.8 Å². The first-order valence-corrected chi connectivity index (χ1v) is 8.45. The van der Waals surface area contributed by atoms with E-state index in [4.69, 9.17) is 9.47 Å². The van der Waals surface area contributed by atoms with Gasteiger partial charge in [-0.3, -0.25) is 9.59 Å². The Bertz CT molecular complexity index is 921. The number of hydrogen-bond acceptors (Lipinski definition) is 6. The van der Waals surface area contributed by atoms with Crippen LogP contribution >= 0.6 is 0 Å². The van der Waals surface area contributed by atoms with Crippen LogP contribution in [0.4, 0.5) is 0 Å². The molecule has 0 aliphatic carbocycles. The number of benzene rings is 1. The third-order valence-corrected chi connectivity index (χ3v) is 4.16. The van der Waals surface area contributed by atoms with E-state index in [2.05, 4.69) is 10.1 Å². The SMILES string of the molecule is COC(=O)c1ccc(=O)n(CC(=O)N[C@@H](C)c2ccc3c(c2)OCCO3)c1. The zero-order chi connectivity index (χ0) is 19.4. The summed E-state index contributed by atoms with van der Waals surface area (Å²) in [4.78, 5) is 35.9. The van der Waals surface area contributed by atoms with E-state index in [1.807, 2.05) is 19.1 Å². The van der Waals surface area contributed by atoms with Crippen molar-refractivity contribution >= 4 is 11.9 Å². The van der Waals surface area contributed by atoms with E-state index < -0.39 is 5.97 Å². The molecule has 0 bridgehead atoms. The van der Waals surface area contributed by atoms with Crippen molar-refractivity contribution < 1.29 is 23.8 Å². The highest BCUT2D eigenvalue weighted by molar-refractivity contribution is 5.89. The fraction of sp³-hybridized carbons (Fsp3) is 0.316. The van der Waals surface area contributed by atoms with Crippen molar-refractivity contribution in [2.24, 2.45) is 0 Å². The van der Waals surface area contributed by atoms with Crippen LogP contribution in [0.2, 0.25) is 0 Å². The van der Waals surface area contributed by atoms with Gasteiger partial charge >= 0.3 is 5.97 Å². The molecule has 1 aromatic heterocycles. The van der Waals surface area contributed by atoms with E-state index in [0.717, 1.165) is 10.1 Å². The van der Waals surface area contributed by atoms with Crippen molar-refractivity contribution in [2.45, 2.75) is 19.5 Å². The molecule has 1 aliphatic rings. The third kappa shape index (κ3) is 4.28. The van der Waals surface area contributed by atoms with Crippen LogP contribution in [-0.2, 0) is 16.1 Å². The Morgan fingerprint density at radius 2 is 1.93 bits per heavy atom. The van der Waals surface area contributed by atoms with E-state index in [0.29, 0.717) is 24.7 Å². The topological polar surface area (TPSA) is 95.9 Å². The van der Waals surface area contributed by atoms with Gasteiger partial charge in [0.2, 0.25) is 5.91 Å². The van der Waals surface area contributed by atoms with Crippen molar-refractivity contribution in [1.82, 2.24) is 9.88 Å². The van der Waals surface area contributed by atoms with Crippen molar-refractivity contribution in [3.63, 3.8) is 0 Å². The van der Waals surface area contributed by atoms with Gasteiger partial charge in [0.1, 0.15) is 19.8 Å². The van der Waals surface area contributed by atoms with Crippen LogP contribution in [0, 0.1) is 0 Å². The molecule has 142 valence electrons. The number of esters is 1. The Balaban J connectivity index is 1.69. The summed E-state index contributed by atoms with van der Waals surface area (Å²) in [5, 5.41) is 2.83. The molecule has 0 fully saturated rings. The van der Waals surface area contributed by atoms with Crippen LogP contribution in [0.1, 0.15) is 28.9 Å². The lowest BCUT2D eigenvalue weighted by atomic mass is 10.1. The van der Waals surface area contributed by atoms with Gasteiger partial charge < -0.3 is 24.1 Å². The molecule has 1 N–H and O–H groups in total. The maximum Gasteiger partial charge on any atom is 0.339 e. The summed E-state index contributed by atoms with van der Waals surface area (Å²) in [6, 6.07) is 7.76. The average molecular weight is 372 g/mol. The fourth-order valence-electron chi connectivity index (χ4n) is 2.75. The number of ether oxygens (including phenoxy) is 3. The Morgan fingerprint density at radius 1 is 1.19 bits per heavy atom. The van der Waals surface area contributed by atoms with Gasteiger partial charge in [-0.05, 0) is 30.7 Å². The molecule has 1 aromatic carbocycles. The van der Waals surface area contributed by atoms with Gasteiger partial charge in [0.05, 0.1) is 18.7 Å². The molecule has 1 atom stereocenters. The van der Waals surface area contributed by atoms with E-state index in [-0.39, 0.29) is 29.6 Å². The van der Waals surface area contributed by atoms with Crippen LogP contribution in [0.5, 0.6) is 11.5 Å². The zero-order valence-corrected chi connectivity index (χ0v) is 15.1. The Hall–Kier alpha value is -3.29. The summed E-state index contributed by atoms with van der Waals surface area (Å²) in [6.07, 6.45) is 1.31. The average Bonchev–Trinajstić information content (AvgIpc) is 2.68. The summed E-state index contributed by atoms with van der Waals surface area (Å²) in [7, 11) is 1.25. The second-order valence-corrected chi connectivity index (χ2v) is 6.07. The number of carbonyl (C=O) groups excluding carboxylic acids is 2. The maximum atomic E-state index is 12.3. The monoisotopic (exact) mass is 372 g/mol.